The summed E-state index contributed by atoms with van der Waals surface area (Å²) in [5.74, 6) is -0.457. The van der Waals surface area contributed by atoms with E-state index in [2.05, 4.69) is 10.5 Å². The highest BCUT2D eigenvalue weighted by Gasteiger charge is 2.07. The van der Waals surface area contributed by atoms with Crippen molar-refractivity contribution in [1.82, 2.24) is 5.43 Å². The molecule has 4 nitrogen and oxygen atoms in total. The highest BCUT2D eigenvalue weighted by Crippen LogP contribution is 2.23. The molecule has 0 aliphatic carbocycles. The summed E-state index contributed by atoms with van der Waals surface area (Å²) in [5, 5.41) is 13.3. The van der Waals surface area contributed by atoms with Crippen LogP contribution >= 0.6 is 11.6 Å². The van der Waals surface area contributed by atoms with E-state index in [1.165, 1.54) is 18.2 Å². The van der Waals surface area contributed by atoms with Gasteiger partial charge in [-0.2, -0.15) is 5.10 Å². The van der Waals surface area contributed by atoms with E-state index in [9.17, 15) is 9.90 Å². The molecule has 2 aromatic carbocycles. The van der Waals surface area contributed by atoms with Crippen LogP contribution < -0.4 is 5.43 Å². The number of carbonyl (C=O) groups excluding carboxylic acids is 1. The fourth-order valence-corrected chi connectivity index (χ4v) is 1.71. The van der Waals surface area contributed by atoms with Gasteiger partial charge in [0.1, 0.15) is 5.75 Å². The maximum Gasteiger partial charge on any atom is 0.271 e. The minimum atomic E-state index is -0.393. The zero-order chi connectivity index (χ0) is 14.5. The largest absolute Gasteiger partial charge is 0.506 e. The van der Waals surface area contributed by atoms with E-state index in [1.54, 1.807) is 6.21 Å². The van der Waals surface area contributed by atoms with Gasteiger partial charge in [-0.05, 0) is 30.7 Å². The monoisotopic (exact) mass is 288 g/mol. The van der Waals surface area contributed by atoms with Gasteiger partial charge in [-0.25, -0.2) is 5.43 Å². The van der Waals surface area contributed by atoms with E-state index < -0.39 is 5.91 Å². The summed E-state index contributed by atoms with van der Waals surface area (Å²) in [6.45, 7) is 2.00. The predicted octanol–water partition coefficient (Wildman–Crippen LogP) is 3.12. The van der Waals surface area contributed by atoms with Crippen LogP contribution in [0.5, 0.6) is 5.75 Å². The van der Waals surface area contributed by atoms with E-state index in [0.29, 0.717) is 5.56 Å². The van der Waals surface area contributed by atoms with Crippen molar-refractivity contribution in [2.75, 3.05) is 0 Å². The Bertz CT molecular complexity index is 651. The first-order chi connectivity index (χ1) is 9.56. The van der Waals surface area contributed by atoms with Crippen molar-refractivity contribution in [2.45, 2.75) is 6.92 Å². The minimum Gasteiger partial charge on any atom is -0.506 e. The number of hydrogen-bond donors (Lipinski definition) is 2. The maximum absolute atomic E-state index is 11.8. The van der Waals surface area contributed by atoms with Gasteiger partial charge in [0.25, 0.3) is 5.91 Å². The molecule has 102 valence electrons. The molecule has 0 aliphatic heterocycles. The molecule has 2 rings (SSSR count). The number of phenols is 1. The predicted molar refractivity (Wildman–Crippen MR) is 79.4 cm³/mol. The molecule has 0 saturated heterocycles. The van der Waals surface area contributed by atoms with E-state index in [0.717, 1.165) is 11.1 Å². The Morgan fingerprint density at radius 1 is 1.25 bits per heavy atom. The third kappa shape index (κ3) is 3.59. The Morgan fingerprint density at radius 2 is 1.95 bits per heavy atom. The Labute approximate surface area is 121 Å². The zero-order valence-electron chi connectivity index (χ0n) is 10.8. The second kappa shape index (κ2) is 6.21. The summed E-state index contributed by atoms with van der Waals surface area (Å²) in [7, 11) is 0. The van der Waals surface area contributed by atoms with Crippen molar-refractivity contribution in [3.63, 3.8) is 0 Å². The molecule has 2 aromatic rings. The molecule has 2 N–H and O–H groups in total. The molecule has 0 saturated carbocycles. The van der Waals surface area contributed by atoms with Gasteiger partial charge in [0, 0.05) is 5.56 Å². The number of carbonyl (C=O) groups is 1. The molecular formula is C15H13ClN2O2. The minimum absolute atomic E-state index is 0.0635. The Hall–Kier alpha value is -2.33. The third-order valence-corrected chi connectivity index (χ3v) is 2.97. The number of benzene rings is 2. The van der Waals surface area contributed by atoms with Crippen LogP contribution in [0.4, 0.5) is 0 Å². The van der Waals surface area contributed by atoms with Gasteiger partial charge in [-0.3, -0.25) is 4.79 Å². The molecule has 0 aliphatic rings. The summed E-state index contributed by atoms with van der Waals surface area (Å²) in [4.78, 5) is 11.8. The summed E-state index contributed by atoms with van der Waals surface area (Å²) in [6.07, 6.45) is 1.55. The topological polar surface area (TPSA) is 61.7 Å². The third-order valence-electron chi connectivity index (χ3n) is 2.67. The average Bonchev–Trinajstić information content (AvgIpc) is 2.44. The number of hydrogen-bond acceptors (Lipinski definition) is 3. The normalized spacial score (nSPS) is 10.7. The molecule has 5 heteroatoms. The van der Waals surface area contributed by atoms with Gasteiger partial charge in [0.05, 0.1) is 11.2 Å². The van der Waals surface area contributed by atoms with Crippen LogP contribution in [0.1, 0.15) is 21.5 Å². The Kier molecular flexibility index (Phi) is 4.38. The second-order valence-corrected chi connectivity index (χ2v) is 4.68. The van der Waals surface area contributed by atoms with Crippen LogP contribution in [-0.2, 0) is 0 Å². The summed E-state index contributed by atoms with van der Waals surface area (Å²) in [6, 6.07) is 11.9. The van der Waals surface area contributed by atoms with Crippen LogP contribution in [0.2, 0.25) is 5.02 Å². The van der Waals surface area contributed by atoms with Crippen molar-refractivity contribution in [1.29, 1.82) is 0 Å². The molecule has 0 unspecified atom stereocenters. The highest BCUT2D eigenvalue weighted by atomic mass is 35.5. The van der Waals surface area contributed by atoms with Crippen molar-refractivity contribution in [3.05, 3.63) is 64.2 Å². The van der Waals surface area contributed by atoms with Crippen molar-refractivity contribution >= 4 is 23.7 Å². The van der Waals surface area contributed by atoms with Gasteiger partial charge in [0.2, 0.25) is 0 Å². The number of halogens is 1. The number of nitrogens with zero attached hydrogens (tertiary/aromatic N) is 1. The lowest BCUT2D eigenvalue weighted by atomic mass is 10.2. The van der Waals surface area contributed by atoms with Gasteiger partial charge < -0.3 is 5.11 Å². The molecule has 20 heavy (non-hydrogen) atoms. The number of hydrazone groups is 1. The van der Waals surface area contributed by atoms with Crippen LogP contribution in [0.25, 0.3) is 0 Å². The maximum atomic E-state index is 11.8. The van der Waals surface area contributed by atoms with Crippen molar-refractivity contribution in [3.8, 4) is 5.75 Å². The van der Waals surface area contributed by atoms with E-state index in [4.69, 9.17) is 11.6 Å². The molecule has 0 bridgehead atoms. The van der Waals surface area contributed by atoms with Crippen LogP contribution in [0.3, 0.4) is 0 Å². The standard InChI is InChI=1S/C15H13ClN2O2/c1-10-2-4-11(5-3-10)9-17-18-15(20)12-6-7-14(19)13(16)8-12/h2-9,19H,1H3,(H,18,20)/b17-9+. The highest BCUT2D eigenvalue weighted by molar-refractivity contribution is 6.32. The van der Waals surface area contributed by atoms with Crippen molar-refractivity contribution < 1.29 is 9.90 Å². The van der Waals surface area contributed by atoms with Gasteiger partial charge in [-0.15, -0.1) is 0 Å². The molecule has 0 heterocycles. The molecular weight excluding hydrogens is 276 g/mol. The summed E-state index contributed by atoms with van der Waals surface area (Å²) >= 11 is 5.73. The van der Waals surface area contributed by atoms with Gasteiger partial charge in [-0.1, -0.05) is 41.4 Å². The fourth-order valence-electron chi connectivity index (χ4n) is 1.53. The first-order valence-corrected chi connectivity index (χ1v) is 6.32. The number of amides is 1. The summed E-state index contributed by atoms with van der Waals surface area (Å²) in [5.41, 5.74) is 4.77. The Morgan fingerprint density at radius 3 is 2.60 bits per heavy atom. The fraction of sp³-hybridized carbons (Fsp3) is 0.0667. The number of phenolic OH excluding ortho intramolecular Hbond substituents is 1. The van der Waals surface area contributed by atoms with Crippen LogP contribution in [-0.4, -0.2) is 17.2 Å². The quantitative estimate of drug-likeness (QED) is 0.673. The molecule has 0 aromatic heterocycles. The van der Waals surface area contributed by atoms with Gasteiger partial charge in [0.15, 0.2) is 0 Å². The molecule has 1 amide bonds. The molecule has 0 spiro atoms. The van der Waals surface area contributed by atoms with Gasteiger partial charge >= 0.3 is 0 Å². The first kappa shape index (κ1) is 14.1. The second-order valence-electron chi connectivity index (χ2n) is 4.28. The van der Waals surface area contributed by atoms with Crippen LogP contribution in [0, 0.1) is 6.92 Å². The van der Waals surface area contributed by atoms with Crippen molar-refractivity contribution in [2.24, 2.45) is 5.10 Å². The number of nitrogens with one attached hydrogen (secondary N) is 1. The number of rotatable bonds is 3. The lowest BCUT2D eigenvalue weighted by Gasteiger charge is -2.02. The van der Waals surface area contributed by atoms with E-state index in [-0.39, 0.29) is 10.8 Å². The first-order valence-electron chi connectivity index (χ1n) is 5.95. The molecule has 0 radical (unpaired) electrons. The average molecular weight is 289 g/mol. The van der Waals surface area contributed by atoms with Crippen LogP contribution in [0.15, 0.2) is 47.6 Å². The smallest absolute Gasteiger partial charge is 0.271 e. The van der Waals surface area contributed by atoms with E-state index in [1.807, 2.05) is 31.2 Å². The van der Waals surface area contributed by atoms with E-state index >= 15 is 0 Å². The SMILES string of the molecule is Cc1ccc(/C=N/NC(=O)c2ccc(O)c(Cl)c2)cc1. The molecule has 0 atom stereocenters. The lowest BCUT2D eigenvalue weighted by molar-refractivity contribution is 0.0955. The molecule has 0 fully saturated rings. The summed E-state index contributed by atoms with van der Waals surface area (Å²) < 4.78 is 0. The lowest BCUT2D eigenvalue weighted by Crippen LogP contribution is -2.17. The number of aromatic hydroxyl groups is 1. The Balaban J connectivity index is 2.01. The zero-order valence-corrected chi connectivity index (χ0v) is 11.6. The number of aryl methyl sites for hydroxylation is 1.